The van der Waals surface area contributed by atoms with Gasteiger partial charge in [-0.2, -0.15) is 0 Å². The molecule has 0 atom stereocenters. The molecule has 0 saturated heterocycles. The molecule has 3 nitrogen and oxygen atoms in total. The lowest BCUT2D eigenvalue weighted by Gasteiger charge is -2.11. The first-order valence-corrected chi connectivity index (χ1v) is 7.27. The molecule has 0 fully saturated rings. The van der Waals surface area contributed by atoms with E-state index in [-0.39, 0.29) is 5.82 Å². The standard InChI is InChI=1S/C17H23FN2O/c1-13-11-15(12-19-9-6-10-21-3)14(2)20(13)17-8-5-4-7-16(17)18/h4-5,7-8,11,19H,6,9-10,12H2,1-3H3. The van der Waals surface area contributed by atoms with Crippen LogP contribution < -0.4 is 5.32 Å². The minimum Gasteiger partial charge on any atom is -0.385 e. The maximum atomic E-state index is 14.0. The third-order valence-corrected chi connectivity index (χ3v) is 3.65. The topological polar surface area (TPSA) is 26.2 Å². The van der Waals surface area contributed by atoms with Crippen molar-refractivity contribution >= 4 is 0 Å². The highest BCUT2D eigenvalue weighted by atomic mass is 19.1. The Balaban J connectivity index is 2.13. The maximum Gasteiger partial charge on any atom is 0.147 e. The summed E-state index contributed by atoms with van der Waals surface area (Å²) in [5.74, 6) is -0.195. The Kier molecular flexibility index (Phi) is 5.53. The number of aryl methyl sites for hydroxylation is 1. The minimum absolute atomic E-state index is 0.195. The summed E-state index contributed by atoms with van der Waals surface area (Å²) in [6.45, 7) is 6.51. The number of methoxy groups -OCH3 is 1. The van der Waals surface area contributed by atoms with Gasteiger partial charge in [0.25, 0.3) is 0 Å². The third kappa shape index (κ3) is 3.71. The lowest BCUT2D eigenvalue weighted by atomic mass is 10.2. The van der Waals surface area contributed by atoms with Gasteiger partial charge < -0.3 is 14.6 Å². The number of hydrogen-bond donors (Lipinski definition) is 1. The van der Waals surface area contributed by atoms with Gasteiger partial charge in [-0.3, -0.25) is 0 Å². The second kappa shape index (κ2) is 7.38. The van der Waals surface area contributed by atoms with Crippen LogP contribution >= 0.6 is 0 Å². The van der Waals surface area contributed by atoms with Crippen LogP contribution in [-0.4, -0.2) is 24.8 Å². The van der Waals surface area contributed by atoms with Crippen molar-refractivity contribution in [2.24, 2.45) is 0 Å². The molecule has 0 aliphatic rings. The zero-order valence-electron chi connectivity index (χ0n) is 12.9. The van der Waals surface area contributed by atoms with E-state index in [1.54, 1.807) is 13.2 Å². The van der Waals surface area contributed by atoms with Crippen LogP contribution in [0.2, 0.25) is 0 Å². The molecular weight excluding hydrogens is 267 g/mol. The summed E-state index contributed by atoms with van der Waals surface area (Å²) in [5, 5.41) is 3.40. The van der Waals surface area contributed by atoms with Crippen LogP contribution in [0, 0.1) is 19.7 Å². The maximum absolute atomic E-state index is 14.0. The van der Waals surface area contributed by atoms with Crippen LogP contribution in [0.3, 0.4) is 0 Å². The predicted octanol–water partition coefficient (Wildman–Crippen LogP) is 3.36. The molecule has 0 amide bonds. The van der Waals surface area contributed by atoms with E-state index < -0.39 is 0 Å². The Bertz CT molecular complexity index is 592. The molecule has 1 aromatic heterocycles. The number of nitrogens with one attached hydrogen (secondary N) is 1. The van der Waals surface area contributed by atoms with Gasteiger partial charge in [-0.15, -0.1) is 0 Å². The first-order valence-electron chi connectivity index (χ1n) is 7.27. The number of hydrogen-bond acceptors (Lipinski definition) is 2. The number of para-hydroxylation sites is 1. The quantitative estimate of drug-likeness (QED) is 0.791. The predicted molar refractivity (Wildman–Crippen MR) is 83.4 cm³/mol. The van der Waals surface area contributed by atoms with Crippen molar-refractivity contribution in [2.75, 3.05) is 20.3 Å². The average molecular weight is 290 g/mol. The average Bonchev–Trinajstić information content (AvgIpc) is 2.74. The summed E-state index contributed by atoms with van der Waals surface area (Å²) in [6, 6.07) is 9.00. The highest BCUT2D eigenvalue weighted by Crippen LogP contribution is 2.22. The molecule has 0 spiro atoms. The fraction of sp³-hybridized carbons (Fsp3) is 0.412. The smallest absolute Gasteiger partial charge is 0.147 e. The number of ether oxygens (including phenoxy) is 1. The van der Waals surface area contributed by atoms with Gasteiger partial charge in [-0.05, 0) is 50.6 Å². The van der Waals surface area contributed by atoms with Crippen LogP contribution in [-0.2, 0) is 11.3 Å². The zero-order valence-corrected chi connectivity index (χ0v) is 12.9. The van der Waals surface area contributed by atoms with Crippen LogP contribution in [0.15, 0.2) is 30.3 Å². The van der Waals surface area contributed by atoms with E-state index in [0.29, 0.717) is 5.69 Å². The molecule has 21 heavy (non-hydrogen) atoms. The summed E-state index contributed by atoms with van der Waals surface area (Å²) in [4.78, 5) is 0. The molecule has 0 bridgehead atoms. The number of halogens is 1. The van der Waals surface area contributed by atoms with Crippen LogP contribution in [0.1, 0.15) is 23.4 Å². The van der Waals surface area contributed by atoms with Gasteiger partial charge in [0.1, 0.15) is 5.82 Å². The first kappa shape index (κ1) is 15.7. The van der Waals surface area contributed by atoms with Crippen molar-refractivity contribution in [3.05, 3.63) is 53.1 Å². The molecule has 0 unspecified atom stereocenters. The van der Waals surface area contributed by atoms with Crippen molar-refractivity contribution in [3.8, 4) is 5.69 Å². The van der Waals surface area contributed by atoms with E-state index in [1.807, 2.05) is 30.5 Å². The Morgan fingerprint density at radius 1 is 1.24 bits per heavy atom. The summed E-state index contributed by atoms with van der Waals surface area (Å²) < 4.78 is 21.0. The van der Waals surface area contributed by atoms with Gasteiger partial charge >= 0.3 is 0 Å². The summed E-state index contributed by atoms with van der Waals surface area (Å²) in [7, 11) is 1.71. The molecule has 114 valence electrons. The van der Waals surface area contributed by atoms with Crippen LogP contribution in [0.25, 0.3) is 5.69 Å². The van der Waals surface area contributed by atoms with Crippen molar-refractivity contribution in [1.82, 2.24) is 9.88 Å². The van der Waals surface area contributed by atoms with Crippen LogP contribution in [0.4, 0.5) is 4.39 Å². The summed E-state index contributed by atoms with van der Waals surface area (Å²) in [6.07, 6.45) is 0.989. The van der Waals surface area contributed by atoms with E-state index in [2.05, 4.69) is 11.4 Å². The van der Waals surface area contributed by atoms with Crippen molar-refractivity contribution < 1.29 is 9.13 Å². The molecular formula is C17H23FN2O. The van der Waals surface area contributed by atoms with E-state index in [4.69, 9.17) is 4.74 Å². The fourth-order valence-corrected chi connectivity index (χ4v) is 2.58. The molecule has 1 heterocycles. The van der Waals surface area contributed by atoms with Crippen molar-refractivity contribution in [1.29, 1.82) is 0 Å². The molecule has 2 aromatic rings. The highest BCUT2D eigenvalue weighted by Gasteiger charge is 2.12. The Morgan fingerprint density at radius 3 is 2.71 bits per heavy atom. The van der Waals surface area contributed by atoms with Gasteiger partial charge in [-0.25, -0.2) is 4.39 Å². The lowest BCUT2D eigenvalue weighted by Crippen LogP contribution is -2.16. The molecule has 0 aliphatic heterocycles. The second-order valence-corrected chi connectivity index (χ2v) is 5.21. The van der Waals surface area contributed by atoms with Gasteiger partial charge in [0.05, 0.1) is 5.69 Å². The fourth-order valence-electron chi connectivity index (χ4n) is 2.58. The molecule has 1 N–H and O–H groups in total. The van der Waals surface area contributed by atoms with Crippen LogP contribution in [0.5, 0.6) is 0 Å². The molecule has 1 aromatic carbocycles. The number of benzene rings is 1. The van der Waals surface area contributed by atoms with Gasteiger partial charge in [-0.1, -0.05) is 12.1 Å². The molecule has 0 radical (unpaired) electrons. The van der Waals surface area contributed by atoms with E-state index >= 15 is 0 Å². The number of rotatable bonds is 7. The molecule has 0 aliphatic carbocycles. The van der Waals surface area contributed by atoms with Gasteiger partial charge in [0.15, 0.2) is 0 Å². The number of aromatic nitrogens is 1. The SMILES string of the molecule is COCCCNCc1cc(C)n(-c2ccccc2F)c1C. The molecule has 4 heteroatoms. The largest absolute Gasteiger partial charge is 0.385 e. The van der Waals surface area contributed by atoms with Crippen molar-refractivity contribution in [3.63, 3.8) is 0 Å². The van der Waals surface area contributed by atoms with E-state index in [9.17, 15) is 4.39 Å². The first-order chi connectivity index (χ1) is 10.1. The summed E-state index contributed by atoms with van der Waals surface area (Å²) in [5.41, 5.74) is 3.94. The Hall–Kier alpha value is -1.65. The normalized spacial score (nSPS) is 11.0. The Labute approximate surface area is 125 Å². The van der Waals surface area contributed by atoms with E-state index in [1.165, 1.54) is 11.6 Å². The van der Waals surface area contributed by atoms with Crippen molar-refractivity contribution in [2.45, 2.75) is 26.8 Å². The highest BCUT2D eigenvalue weighted by molar-refractivity contribution is 5.42. The molecule has 2 rings (SSSR count). The van der Waals surface area contributed by atoms with Gasteiger partial charge in [0.2, 0.25) is 0 Å². The summed E-state index contributed by atoms with van der Waals surface area (Å²) >= 11 is 0. The minimum atomic E-state index is -0.195. The monoisotopic (exact) mass is 290 g/mol. The number of nitrogens with zero attached hydrogens (tertiary/aromatic N) is 1. The molecule has 0 saturated carbocycles. The Morgan fingerprint density at radius 2 is 2.00 bits per heavy atom. The second-order valence-electron chi connectivity index (χ2n) is 5.21. The third-order valence-electron chi connectivity index (χ3n) is 3.65. The van der Waals surface area contributed by atoms with E-state index in [0.717, 1.165) is 37.5 Å². The zero-order chi connectivity index (χ0) is 15.2. The lowest BCUT2D eigenvalue weighted by molar-refractivity contribution is 0.194. The van der Waals surface area contributed by atoms with Gasteiger partial charge in [0, 0.05) is 31.6 Å².